The van der Waals surface area contributed by atoms with Gasteiger partial charge in [0, 0.05) is 5.56 Å². The molecule has 0 aliphatic heterocycles. The van der Waals surface area contributed by atoms with Gasteiger partial charge in [-0.2, -0.15) is 0 Å². The fraction of sp³-hybridized carbons (Fsp3) is 0.280. The summed E-state index contributed by atoms with van der Waals surface area (Å²) in [5, 5.41) is 2.11. The molecule has 0 aliphatic carbocycles. The molecule has 0 bridgehead atoms. The zero-order chi connectivity index (χ0) is 20.3. The topological polar surface area (TPSA) is 43.4 Å². The van der Waals surface area contributed by atoms with Gasteiger partial charge in [0.25, 0.3) is 0 Å². The van der Waals surface area contributed by atoms with Gasteiger partial charge in [-0.3, -0.25) is 9.59 Å². The standard InChI is InChI=1S/C25H26O3/c1-17(24(27)19-12-14-21(15-13-19)25(2,3)4)28-23(26)16-20-10-7-9-18-8-5-6-11-22(18)20/h5-15,17H,16H2,1-4H3/t17-/m0/s1. The molecule has 0 amide bonds. The first kappa shape index (κ1) is 19.8. The van der Waals surface area contributed by atoms with E-state index in [9.17, 15) is 9.59 Å². The second kappa shape index (κ2) is 7.97. The van der Waals surface area contributed by atoms with E-state index < -0.39 is 12.1 Å². The van der Waals surface area contributed by atoms with E-state index in [1.165, 1.54) is 0 Å². The van der Waals surface area contributed by atoms with E-state index >= 15 is 0 Å². The summed E-state index contributed by atoms with van der Waals surface area (Å²) in [6.07, 6.45) is -0.676. The van der Waals surface area contributed by atoms with Crippen LogP contribution in [0.1, 0.15) is 49.2 Å². The Labute approximate surface area is 166 Å². The number of hydrogen-bond acceptors (Lipinski definition) is 3. The van der Waals surface area contributed by atoms with Crippen molar-refractivity contribution in [2.24, 2.45) is 0 Å². The second-order valence-electron chi connectivity index (χ2n) is 8.14. The van der Waals surface area contributed by atoms with Crippen molar-refractivity contribution in [3.63, 3.8) is 0 Å². The Morgan fingerprint density at radius 3 is 2.21 bits per heavy atom. The minimum atomic E-state index is -0.817. The number of esters is 1. The molecule has 0 fully saturated rings. The van der Waals surface area contributed by atoms with Crippen LogP contribution >= 0.6 is 0 Å². The largest absolute Gasteiger partial charge is 0.454 e. The Morgan fingerprint density at radius 2 is 1.54 bits per heavy atom. The second-order valence-corrected chi connectivity index (χ2v) is 8.14. The summed E-state index contributed by atoms with van der Waals surface area (Å²) in [6.45, 7) is 8.01. The zero-order valence-electron chi connectivity index (χ0n) is 16.9. The third-order valence-corrected chi connectivity index (χ3v) is 4.93. The lowest BCUT2D eigenvalue weighted by atomic mass is 9.86. The first-order chi connectivity index (χ1) is 13.3. The molecule has 3 rings (SSSR count). The molecule has 0 radical (unpaired) electrons. The molecule has 3 nitrogen and oxygen atoms in total. The van der Waals surface area contributed by atoms with Gasteiger partial charge < -0.3 is 4.74 Å². The van der Waals surface area contributed by atoms with Crippen molar-refractivity contribution < 1.29 is 14.3 Å². The first-order valence-electron chi connectivity index (χ1n) is 9.56. The average molecular weight is 374 g/mol. The number of fused-ring (bicyclic) bond motifs is 1. The van der Waals surface area contributed by atoms with Crippen LogP contribution in [0.15, 0.2) is 66.7 Å². The van der Waals surface area contributed by atoms with Crippen molar-refractivity contribution >= 4 is 22.5 Å². The molecule has 0 aliphatic rings. The Kier molecular flexibility index (Phi) is 5.64. The molecule has 0 heterocycles. The quantitative estimate of drug-likeness (QED) is 0.438. The van der Waals surface area contributed by atoms with Gasteiger partial charge >= 0.3 is 5.97 Å². The van der Waals surface area contributed by atoms with Crippen LogP contribution in [0.2, 0.25) is 0 Å². The summed E-state index contributed by atoms with van der Waals surface area (Å²) < 4.78 is 5.43. The Morgan fingerprint density at radius 1 is 0.893 bits per heavy atom. The number of carbonyl (C=O) groups is 2. The Bertz CT molecular complexity index is 989. The highest BCUT2D eigenvalue weighted by Crippen LogP contribution is 2.23. The molecule has 0 spiro atoms. The first-order valence-corrected chi connectivity index (χ1v) is 9.56. The lowest BCUT2D eigenvalue weighted by Gasteiger charge is -2.19. The van der Waals surface area contributed by atoms with E-state index in [2.05, 4.69) is 20.8 Å². The summed E-state index contributed by atoms with van der Waals surface area (Å²) in [5.74, 6) is -0.588. The van der Waals surface area contributed by atoms with Crippen LogP contribution in [0.5, 0.6) is 0 Å². The molecular weight excluding hydrogens is 348 g/mol. The van der Waals surface area contributed by atoms with Gasteiger partial charge in [0.05, 0.1) is 6.42 Å². The number of benzene rings is 3. The highest BCUT2D eigenvalue weighted by Gasteiger charge is 2.21. The van der Waals surface area contributed by atoms with Gasteiger partial charge in [-0.1, -0.05) is 87.5 Å². The molecule has 3 aromatic carbocycles. The van der Waals surface area contributed by atoms with Crippen molar-refractivity contribution in [3.05, 3.63) is 83.4 Å². The molecule has 0 aromatic heterocycles. The molecule has 3 aromatic rings. The van der Waals surface area contributed by atoms with E-state index in [0.717, 1.165) is 21.9 Å². The smallest absolute Gasteiger partial charge is 0.310 e. The summed E-state index contributed by atoms with van der Waals surface area (Å²) >= 11 is 0. The lowest BCUT2D eigenvalue weighted by molar-refractivity contribution is -0.145. The van der Waals surface area contributed by atoms with E-state index in [1.54, 1.807) is 19.1 Å². The van der Waals surface area contributed by atoms with Gasteiger partial charge in [-0.25, -0.2) is 0 Å². The Balaban J connectivity index is 1.67. The maximum atomic E-state index is 12.6. The number of carbonyl (C=O) groups excluding carboxylic acids is 2. The van der Waals surface area contributed by atoms with Gasteiger partial charge in [-0.15, -0.1) is 0 Å². The van der Waals surface area contributed by atoms with Crippen molar-refractivity contribution in [2.45, 2.75) is 45.6 Å². The normalized spacial score (nSPS) is 12.6. The molecule has 0 saturated heterocycles. The molecular formula is C25H26O3. The van der Waals surface area contributed by atoms with Crippen LogP contribution in [-0.2, 0) is 21.4 Å². The summed E-state index contributed by atoms with van der Waals surface area (Å²) in [5.41, 5.74) is 2.64. The molecule has 0 unspecified atom stereocenters. The summed E-state index contributed by atoms with van der Waals surface area (Å²) in [7, 11) is 0. The van der Waals surface area contributed by atoms with Crippen molar-refractivity contribution in [3.8, 4) is 0 Å². The van der Waals surface area contributed by atoms with E-state index in [1.807, 2.05) is 54.6 Å². The summed E-state index contributed by atoms with van der Waals surface area (Å²) in [6, 6.07) is 21.3. The summed E-state index contributed by atoms with van der Waals surface area (Å²) in [4.78, 5) is 25.0. The van der Waals surface area contributed by atoms with Crippen LogP contribution in [0.3, 0.4) is 0 Å². The molecule has 0 N–H and O–H groups in total. The molecule has 1 atom stereocenters. The third-order valence-electron chi connectivity index (χ3n) is 4.93. The van der Waals surface area contributed by atoms with Crippen LogP contribution in [0.4, 0.5) is 0 Å². The number of ether oxygens (including phenoxy) is 1. The average Bonchev–Trinajstić information content (AvgIpc) is 2.67. The number of rotatable bonds is 5. The molecule has 0 saturated carbocycles. The predicted octanol–water partition coefficient (Wildman–Crippen LogP) is 5.49. The zero-order valence-corrected chi connectivity index (χ0v) is 16.9. The lowest BCUT2D eigenvalue weighted by Crippen LogP contribution is -2.25. The Hall–Kier alpha value is -2.94. The van der Waals surface area contributed by atoms with Gasteiger partial charge in [0.1, 0.15) is 0 Å². The number of ketones is 1. The monoisotopic (exact) mass is 374 g/mol. The van der Waals surface area contributed by atoms with Crippen LogP contribution in [-0.4, -0.2) is 17.9 Å². The van der Waals surface area contributed by atoms with E-state index in [4.69, 9.17) is 4.74 Å². The van der Waals surface area contributed by atoms with Crippen LogP contribution in [0.25, 0.3) is 10.8 Å². The highest BCUT2D eigenvalue weighted by molar-refractivity contribution is 6.00. The molecule has 3 heteroatoms. The van der Waals surface area contributed by atoms with E-state index in [0.29, 0.717) is 5.56 Å². The van der Waals surface area contributed by atoms with Crippen molar-refractivity contribution in [2.75, 3.05) is 0 Å². The molecule has 28 heavy (non-hydrogen) atoms. The SMILES string of the molecule is C[C@H](OC(=O)Cc1cccc2ccccc12)C(=O)c1ccc(C(C)(C)C)cc1. The number of hydrogen-bond donors (Lipinski definition) is 0. The van der Waals surface area contributed by atoms with Crippen LogP contribution < -0.4 is 0 Å². The number of Topliss-reactive ketones (excluding diaryl/α,β-unsaturated/α-hetero) is 1. The predicted molar refractivity (Wildman–Crippen MR) is 113 cm³/mol. The fourth-order valence-corrected chi connectivity index (χ4v) is 3.26. The maximum Gasteiger partial charge on any atom is 0.310 e. The maximum absolute atomic E-state index is 12.6. The van der Waals surface area contributed by atoms with Gasteiger partial charge in [-0.05, 0) is 34.2 Å². The van der Waals surface area contributed by atoms with Gasteiger partial charge in [0.15, 0.2) is 6.10 Å². The fourth-order valence-electron chi connectivity index (χ4n) is 3.26. The third kappa shape index (κ3) is 4.48. The molecule has 144 valence electrons. The van der Waals surface area contributed by atoms with Crippen molar-refractivity contribution in [1.29, 1.82) is 0 Å². The minimum absolute atomic E-state index is 0.0259. The van der Waals surface area contributed by atoms with Crippen LogP contribution in [0, 0.1) is 0 Å². The van der Waals surface area contributed by atoms with Crippen molar-refractivity contribution in [1.82, 2.24) is 0 Å². The van der Waals surface area contributed by atoms with Gasteiger partial charge in [0.2, 0.25) is 5.78 Å². The van der Waals surface area contributed by atoms with E-state index in [-0.39, 0.29) is 17.6 Å². The highest BCUT2D eigenvalue weighted by atomic mass is 16.5. The minimum Gasteiger partial charge on any atom is -0.454 e.